The predicted octanol–water partition coefficient (Wildman–Crippen LogP) is 30.7. The van der Waals surface area contributed by atoms with E-state index in [-0.39, 0.29) is 0 Å². The summed E-state index contributed by atoms with van der Waals surface area (Å²) in [5.41, 5.74) is 30.3. The van der Waals surface area contributed by atoms with E-state index in [2.05, 4.69) is 416 Å². The summed E-state index contributed by atoms with van der Waals surface area (Å²) in [6.45, 7) is 4.33. The van der Waals surface area contributed by atoms with Crippen LogP contribution in [-0.2, 0) is 14.1 Å². The average Bonchev–Trinajstić information content (AvgIpc) is 1.60. The van der Waals surface area contributed by atoms with Crippen LogP contribution in [0.25, 0.3) is 209 Å². The first-order valence-corrected chi connectivity index (χ1v) is 42.7. The van der Waals surface area contributed by atoms with Crippen molar-refractivity contribution in [1.82, 2.24) is 33.2 Å². The van der Waals surface area contributed by atoms with E-state index in [1.54, 1.807) is 0 Å². The van der Waals surface area contributed by atoms with Crippen LogP contribution < -0.4 is 0 Å². The third-order valence-electron chi connectivity index (χ3n) is 24.0. The van der Waals surface area contributed by atoms with Crippen LogP contribution in [0.1, 0.15) is 11.1 Å². The van der Waals surface area contributed by atoms with E-state index in [4.69, 9.17) is 15.0 Å². The normalized spacial score (nSPS) is 11.4. The van der Waals surface area contributed by atoms with Crippen LogP contribution in [0, 0.1) is 13.8 Å². The van der Waals surface area contributed by atoms with Gasteiger partial charge in [-0.15, -0.1) is 11.3 Å². The Labute approximate surface area is 717 Å². The lowest BCUT2D eigenvalue weighted by Crippen LogP contribution is -2.00. The number of aryl methyl sites for hydroxylation is 4. The Morgan fingerprint density at radius 1 is 0.195 bits per heavy atom. The number of thiophene rings is 1. The molecule has 0 amide bonds. The maximum atomic E-state index is 4.97. The summed E-state index contributed by atoms with van der Waals surface area (Å²) in [7, 11) is 4.30. The predicted molar refractivity (Wildman–Crippen MR) is 522 cm³/mol. The quantitative estimate of drug-likeness (QED) is 0.137. The molecule has 0 saturated heterocycles. The highest BCUT2D eigenvalue weighted by Gasteiger charge is 2.20. The largest absolute Gasteiger partial charge is 0.344 e. The van der Waals surface area contributed by atoms with Crippen LogP contribution in [0.4, 0.5) is 0 Å². The van der Waals surface area contributed by atoms with E-state index in [1.165, 1.54) is 186 Å². The molecule has 7 nitrogen and oxygen atoms in total. The van der Waals surface area contributed by atoms with Crippen LogP contribution in [0.5, 0.6) is 0 Å². The second-order valence-electron chi connectivity index (χ2n) is 31.7. The standard InChI is InChI=1S/C40H26N4S.C37H27N.2C19H15N/c1-44-34-15-9-8-14-30(34)31-22-27(16-19-35(31)44)28-17-20-36-32(23-28)33-24-29(18-21-37(33)45-36)40-42-38(25-10-4-2-5-11-25)41-39(43-40)26-12-6-3-7-13-26;1-38-36-18-9-8-17-34(36)35-20-19-30(25-37(35)38)28-15-10-16-29(21-28)33-23-31(26-11-4-2-5-12-26)22-32(24-33)27-13-6-3-7-14-27;1-14-8-7-13-18-19(14)16-11-5-6-12-17(16)20(18)15-9-3-2-4-10-15;1-14-11-12-17-16-9-5-6-10-18(16)20(19(17)13-14)15-7-3-2-4-8-15/h2-24H,1H3;2-25H,1H3;2*2-13H,1H3. The van der Waals surface area contributed by atoms with Gasteiger partial charge in [-0.3, -0.25) is 0 Å². The first-order chi connectivity index (χ1) is 60.6. The Morgan fingerprint density at radius 3 is 1.10 bits per heavy atom. The van der Waals surface area contributed by atoms with Crippen LogP contribution in [0.15, 0.2) is 431 Å². The molecular weight excluding hydrogens is 1510 g/mol. The molecule has 18 aromatic carbocycles. The fourth-order valence-electron chi connectivity index (χ4n) is 18.0. The Balaban J connectivity index is 0.000000107. The van der Waals surface area contributed by atoms with Gasteiger partial charge < -0.3 is 18.3 Å². The Hall–Kier alpha value is -15.6. The minimum atomic E-state index is 0.667. The third-order valence-corrected chi connectivity index (χ3v) is 25.2. The number of hydrogen-bond acceptors (Lipinski definition) is 4. The maximum absolute atomic E-state index is 4.97. The number of para-hydroxylation sites is 6. The topological polar surface area (TPSA) is 58.4 Å². The number of fused-ring (bicyclic) bond motifs is 15. The number of benzene rings is 18. The van der Waals surface area contributed by atoms with Crippen LogP contribution in [-0.4, -0.2) is 33.2 Å². The van der Waals surface area contributed by atoms with Gasteiger partial charge in [-0.05, 0) is 214 Å². The highest BCUT2D eigenvalue weighted by molar-refractivity contribution is 7.25. The Bertz CT molecular complexity index is 7920. The van der Waals surface area contributed by atoms with Crippen molar-refractivity contribution in [3.63, 3.8) is 0 Å². The molecule has 0 radical (unpaired) electrons. The molecule has 0 aliphatic carbocycles. The van der Waals surface area contributed by atoms with Gasteiger partial charge in [0.1, 0.15) is 0 Å². The summed E-state index contributed by atoms with van der Waals surface area (Å²) in [4.78, 5) is 14.8. The van der Waals surface area contributed by atoms with E-state index in [9.17, 15) is 0 Å². The molecule has 0 spiro atoms. The van der Waals surface area contributed by atoms with Gasteiger partial charge in [0.05, 0.1) is 22.1 Å². The van der Waals surface area contributed by atoms with Gasteiger partial charge in [0.25, 0.3) is 0 Å². The molecule has 24 aromatic rings. The van der Waals surface area contributed by atoms with Gasteiger partial charge in [-0.2, -0.15) is 0 Å². The monoisotopic (exact) mass is 1590 g/mol. The third kappa shape index (κ3) is 14.2. The highest BCUT2D eigenvalue weighted by Crippen LogP contribution is 2.43. The molecule has 0 atom stereocenters. The smallest absolute Gasteiger partial charge is 0.164 e. The molecule has 584 valence electrons. The average molecular weight is 1600 g/mol. The minimum absolute atomic E-state index is 0.667. The molecule has 6 aromatic heterocycles. The van der Waals surface area contributed by atoms with Crippen molar-refractivity contribution in [2.45, 2.75) is 13.8 Å². The van der Waals surface area contributed by atoms with Gasteiger partial charge >= 0.3 is 0 Å². The molecule has 0 unspecified atom stereocenters. The van der Waals surface area contributed by atoms with Crippen molar-refractivity contribution < 1.29 is 0 Å². The fraction of sp³-hybridized carbons (Fsp3) is 0.0348. The van der Waals surface area contributed by atoms with Gasteiger partial charge in [-0.25, -0.2) is 15.0 Å². The van der Waals surface area contributed by atoms with Crippen molar-refractivity contribution in [3.05, 3.63) is 442 Å². The summed E-state index contributed by atoms with van der Waals surface area (Å²) in [5, 5.41) is 12.9. The number of nitrogens with zero attached hydrogens (tertiary/aromatic N) is 7. The van der Waals surface area contributed by atoms with E-state index in [0.717, 1.165) is 16.7 Å². The van der Waals surface area contributed by atoms with Gasteiger partial charge in [-0.1, -0.05) is 297 Å². The fourth-order valence-corrected chi connectivity index (χ4v) is 19.0. The van der Waals surface area contributed by atoms with Crippen molar-refractivity contribution >= 4 is 119 Å². The molecule has 0 aliphatic heterocycles. The maximum Gasteiger partial charge on any atom is 0.164 e. The lowest BCUT2D eigenvalue weighted by molar-refractivity contribution is 1.01. The molecule has 6 heterocycles. The molecule has 0 saturated carbocycles. The number of rotatable bonds is 10. The lowest BCUT2D eigenvalue weighted by atomic mass is 9.92. The van der Waals surface area contributed by atoms with E-state index < -0.39 is 0 Å². The summed E-state index contributed by atoms with van der Waals surface area (Å²) in [6, 6.07) is 153. The molecule has 8 heteroatoms. The second-order valence-corrected chi connectivity index (χ2v) is 32.7. The van der Waals surface area contributed by atoms with Crippen LogP contribution in [0.3, 0.4) is 0 Å². The SMILES string of the molecule is Cc1ccc2c3ccccc3n(-c3ccccc3)c2c1.Cc1cccc2c1c1ccccc1n2-c1ccccc1.Cn1c2ccccc2c2cc(-c3ccc4sc5ccc(-c6nc(-c7ccccc7)nc(-c7ccccc7)n6)cc5c4c3)ccc21.Cn1c2ccccc2c2ccc(-c3cccc(-c4cc(-c5ccccc5)cc(-c5ccccc5)c4)c3)cc21. The van der Waals surface area contributed by atoms with Crippen molar-refractivity contribution in [2.75, 3.05) is 0 Å². The molecule has 0 fully saturated rings. The molecule has 0 aliphatic rings. The van der Waals surface area contributed by atoms with E-state index >= 15 is 0 Å². The Kier molecular flexibility index (Phi) is 19.6. The van der Waals surface area contributed by atoms with Gasteiger partial charge in [0.2, 0.25) is 0 Å². The van der Waals surface area contributed by atoms with Crippen LogP contribution >= 0.6 is 11.3 Å². The first kappa shape index (κ1) is 74.9. The molecular formula is C115H83N7S. The van der Waals surface area contributed by atoms with Gasteiger partial charge in [0, 0.05) is 127 Å². The summed E-state index contributed by atoms with van der Waals surface area (Å²) >= 11 is 1.82. The lowest BCUT2D eigenvalue weighted by Gasteiger charge is -2.12. The molecule has 123 heavy (non-hydrogen) atoms. The summed E-state index contributed by atoms with van der Waals surface area (Å²) in [5.74, 6) is 2.00. The minimum Gasteiger partial charge on any atom is -0.344 e. The van der Waals surface area contributed by atoms with Crippen molar-refractivity contribution in [3.8, 4) is 101 Å². The van der Waals surface area contributed by atoms with Crippen LogP contribution in [0.2, 0.25) is 0 Å². The first-order valence-electron chi connectivity index (χ1n) is 41.9. The molecule has 0 N–H and O–H groups in total. The number of aromatic nitrogens is 7. The summed E-state index contributed by atoms with van der Waals surface area (Å²) in [6.07, 6.45) is 0. The highest BCUT2D eigenvalue weighted by atomic mass is 32.1. The summed E-state index contributed by atoms with van der Waals surface area (Å²) < 4.78 is 11.8. The van der Waals surface area contributed by atoms with Crippen molar-refractivity contribution in [2.24, 2.45) is 14.1 Å². The van der Waals surface area contributed by atoms with E-state index in [0.29, 0.717) is 17.5 Å². The molecule has 0 bridgehead atoms. The van der Waals surface area contributed by atoms with E-state index in [1.807, 2.05) is 72.0 Å². The Morgan fingerprint density at radius 2 is 0.528 bits per heavy atom. The van der Waals surface area contributed by atoms with Crippen molar-refractivity contribution in [1.29, 1.82) is 0 Å². The number of hydrogen-bond donors (Lipinski definition) is 0. The second kappa shape index (κ2) is 32.3. The zero-order chi connectivity index (χ0) is 82.4. The zero-order valence-corrected chi connectivity index (χ0v) is 69.3. The molecule has 24 rings (SSSR count). The van der Waals surface area contributed by atoms with Gasteiger partial charge in [0.15, 0.2) is 17.5 Å². The zero-order valence-electron chi connectivity index (χ0n) is 68.5.